The number of benzene rings is 1. The molecule has 0 atom stereocenters. The number of carbonyl (C=O) groups excluding carboxylic acids is 1. The van der Waals surface area contributed by atoms with Crippen molar-refractivity contribution in [3.63, 3.8) is 0 Å². The lowest BCUT2D eigenvalue weighted by Crippen LogP contribution is -2.38. The Kier molecular flexibility index (Phi) is 3.93. The van der Waals surface area contributed by atoms with Gasteiger partial charge in [0, 0.05) is 42.6 Å². The molecule has 0 radical (unpaired) electrons. The number of aromatic nitrogens is 4. The van der Waals surface area contributed by atoms with Crippen LogP contribution >= 0.6 is 0 Å². The van der Waals surface area contributed by atoms with E-state index < -0.39 is 0 Å². The third-order valence-corrected chi connectivity index (χ3v) is 5.56. The number of carbonyl (C=O) groups is 1. The van der Waals surface area contributed by atoms with Crippen molar-refractivity contribution < 1.29 is 4.79 Å². The minimum Gasteiger partial charge on any atom is -0.339 e. The van der Waals surface area contributed by atoms with Crippen molar-refractivity contribution in [2.24, 2.45) is 0 Å². The number of H-pyrrole nitrogens is 2. The summed E-state index contributed by atoms with van der Waals surface area (Å²) in [6, 6.07) is 9.63. The maximum atomic E-state index is 13.0. The highest BCUT2D eigenvalue weighted by molar-refractivity contribution is 5.98. The quantitative estimate of drug-likeness (QED) is 0.565. The number of amides is 1. The second-order valence-corrected chi connectivity index (χ2v) is 7.21. The van der Waals surface area contributed by atoms with Gasteiger partial charge in [-0.25, -0.2) is 9.78 Å². The van der Waals surface area contributed by atoms with Crippen molar-refractivity contribution in [3.8, 4) is 0 Å². The molecule has 3 aromatic heterocycles. The number of hydrogen-bond acceptors (Lipinski definition) is 4. The summed E-state index contributed by atoms with van der Waals surface area (Å²) in [6.45, 7) is 1.38. The Morgan fingerprint density at radius 2 is 1.89 bits per heavy atom. The molecule has 1 fully saturated rings. The van der Waals surface area contributed by atoms with Crippen molar-refractivity contribution in [2.75, 3.05) is 13.1 Å². The van der Waals surface area contributed by atoms with Gasteiger partial charge in [0.25, 0.3) is 5.91 Å². The molecule has 4 heterocycles. The molecule has 0 aliphatic carbocycles. The molecule has 1 aromatic carbocycles. The van der Waals surface area contributed by atoms with Crippen LogP contribution in [-0.2, 0) is 0 Å². The second-order valence-electron chi connectivity index (χ2n) is 7.21. The van der Waals surface area contributed by atoms with E-state index in [0.717, 1.165) is 34.7 Å². The Hall–Kier alpha value is -3.48. The van der Waals surface area contributed by atoms with E-state index in [2.05, 4.69) is 19.9 Å². The van der Waals surface area contributed by atoms with Crippen LogP contribution in [0.25, 0.3) is 21.9 Å². The van der Waals surface area contributed by atoms with Crippen molar-refractivity contribution in [1.82, 2.24) is 24.8 Å². The van der Waals surface area contributed by atoms with Crippen LogP contribution in [0.15, 0.2) is 53.7 Å². The maximum Gasteiger partial charge on any atom is 0.325 e. The summed E-state index contributed by atoms with van der Waals surface area (Å²) in [5.41, 5.74) is 2.92. The van der Waals surface area contributed by atoms with Gasteiger partial charge in [0.2, 0.25) is 0 Å². The van der Waals surface area contributed by atoms with Gasteiger partial charge in [-0.05, 0) is 54.0 Å². The van der Waals surface area contributed by atoms with Gasteiger partial charge >= 0.3 is 5.69 Å². The summed E-state index contributed by atoms with van der Waals surface area (Å²) >= 11 is 0. The molecule has 7 heteroatoms. The van der Waals surface area contributed by atoms with Crippen molar-refractivity contribution in [1.29, 1.82) is 0 Å². The zero-order valence-corrected chi connectivity index (χ0v) is 15.2. The number of pyridine rings is 2. The number of likely N-dealkylation sites (tertiary alicyclic amines) is 1. The summed E-state index contributed by atoms with van der Waals surface area (Å²) in [6.07, 6.45) is 6.98. The highest BCUT2D eigenvalue weighted by Crippen LogP contribution is 2.31. The molecule has 1 aliphatic heterocycles. The summed E-state index contributed by atoms with van der Waals surface area (Å²) in [5, 5.41) is 2.05. The topological polar surface area (TPSA) is 94.7 Å². The SMILES string of the molecule is O=C(c1ccc2cnccc2c1)N1CCC(c2ccnc3[nH]c(=O)[nH]c23)CC1. The van der Waals surface area contributed by atoms with Crippen molar-refractivity contribution >= 4 is 27.8 Å². The fourth-order valence-electron chi connectivity index (χ4n) is 4.09. The molecule has 0 bridgehead atoms. The Morgan fingerprint density at radius 1 is 1.04 bits per heavy atom. The van der Waals surface area contributed by atoms with Gasteiger partial charge in [0.1, 0.15) is 0 Å². The Labute approximate surface area is 160 Å². The molecule has 7 nitrogen and oxygen atoms in total. The standard InChI is InChI=1S/C21H19N5O2/c27-20(15-1-2-16-12-22-7-3-14(16)11-15)26-9-5-13(6-10-26)17-4-8-23-19-18(17)24-21(28)25-19/h1-4,7-8,11-13H,5-6,9-10H2,(H2,23,24,25,28). The highest BCUT2D eigenvalue weighted by Gasteiger charge is 2.26. The number of rotatable bonds is 2. The van der Waals surface area contributed by atoms with Gasteiger partial charge in [0.15, 0.2) is 5.65 Å². The van der Waals surface area contributed by atoms with E-state index in [9.17, 15) is 9.59 Å². The number of imidazole rings is 1. The van der Waals surface area contributed by atoms with Crippen molar-refractivity contribution in [2.45, 2.75) is 18.8 Å². The third kappa shape index (κ3) is 2.85. The molecule has 0 spiro atoms. The van der Waals surface area contributed by atoms with Crippen LogP contribution in [0, 0.1) is 0 Å². The van der Waals surface area contributed by atoms with E-state index in [0.29, 0.717) is 30.2 Å². The van der Waals surface area contributed by atoms with Gasteiger partial charge in [-0.2, -0.15) is 0 Å². The Morgan fingerprint density at radius 3 is 2.75 bits per heavy atom. The number of nitrogens with zero attached hydrogens (tertiary/aromatic N) is 3. The smallest absolute Gasteiger partial charge is 0.325 e. The second kappa shape index (κ2) is 6.60. The zero-order valence-electron chi connectivity index (χ0n) is 15.2. The van der Waals surface area contributed by atoms with E-state index in [1.165, 1.54) is 0 Å². The number of fused-ring (bicyclic) bond motifs is 2. The molecule has 5 rings (SSSR count). The highest BCUT2D eigenvalue weighted by atomic mass is 16.2. The summed E-state index contributed by atoms with van der Waals surface area (Å²) < 4.78 is 0. The van der Waals surface area contributed by atoms with Crippen LogP contribution < -0.4 is 5.69 Å². The molecule has 0 saturated carbocycles. The van der Waals surface area contributed by atoms with Crippen LogP contribution in [0.4, 0.5) is 0 Å². The molecular formula is C21H19N5O2. The normalized spacial score (nSPS) is 15.4. The first-order valence-corrected chi connectivity index (χ1v) is 9.39. The van der Waals surface area contributed by atoms with E-state index >= 15 is 0 Å². The number of hydrogen-bond donors (Lipinski definition) is 2. The summed E-state index contributed by atoms with van der Waals surface area (Å²) in [7, 11) is 0. The minimum atomic E-state index is -0.242. The third-order valence-electron chi connectivity index (χ3n) is 5.56. The van der Waals surface area contributed by atoms with Gasteiger partial charge < -0.3 is 9.88 Å². The predicted molar refractivity (Wildman–Crippen MR) is 106 cm³/mol. The summed E-state index contributed by atoms with van der Waals surface area (Å²) in [5.74, 6) is 0.357. The van der Waals surface area contributed by atoms with Gasteiger partial charge in [-0.15, -0.1) is 0 Å². The molecule has 140 valence electrons. The van der Waals surface area contributed by atoms with Crippen LogP contribution in [0.1, 0.15) is 34.7 Å². The maximum absolute atomic E-state index is 13.0. The molecule has 2 N–H and O–H groups in total. The van der Waals surface area contributed by atoms with Gasteiger partial charge in [-0.3, -0.25) is 14.8 Å². The zero-order chi connectivity index (χ0) is 19.1. The molecule has 1 saturated heterocycles. The van der Waals surface area contributed by atoms with Gasteiger partial charge in [-0.1, -0.05) is 6.07 Å². The molecule has 4 aromatic rings. The van der Waals surface area contributed by atoms with Gasteiger partial charge in [0.05, 0.1) is 5.52 Å². The average Bonchev–Trinajstić information content (AvgIpc) is 3.13. The number of nitrogens with one attached hydrogen (secondary N) is 2. The van der Waals surface area contributed by atoms with E-state index in [1.807, 2.05) is 35.2 Å². The monoisotopic (exact) mass is 373 g/mol. The largest absolute Gasteiger partial charge is 0.339 e. The van der Waals surface area contributed by atoms with Crippen LogP contribution in [0.5, 0.6) is 0 Å². The first-order valence-electron chi connectivity index (χ1n) is 9.39. The average molecular weight is 373 g/mol. The van der Waals surface area contributed by atoms with E-state index in [-0.39, 0.29) is 11.6 Å². The van der Waals surface area contributed by atoms with Crippen molar-refractivity contribution in [3.05, 3.63) is 70.5 Å². The number of aromatic amines is 2. The fourth-order valence-corrected chi connectivity index (χ4v) is 4.09. The minimum absolute atomic E-state index is 0.0621. The lowest BCUT2D eigenvalue weighted by atomic mass is 9.89. The lowest BCUT2D eigenvalue weighted by Gasteiger charge is -2.32. The molecule has 28 heavy (non-hydrogen) atoms. The van der Waals surface area contributed by atoms with E-state index in [1.54, 1.807) is 18.6 Å². The Balaban J connectivity index is 1.34. The van der Waals surface area contributed by atoms with Crippen LogP contribution in [0.3, 0.4) is 0 Å². The first-order chi connectivity index (χ1) is 13.7. The fraction of sp³-hybridized carbons (Fsp3) is 0.238. The molecule has 0 unspecified atom stereocenters. The van der Waals surface area contributed by atoms with Crippen LogP contribution in [0.2, 0.25) is 0 Å². The van der Waals surface area contributed by atoms with E-state index in [4.69, 9.17) is 0 Å². The first kappa shape index (κ1) is 16.7. The lowest BCUT2D eigenvalue weighted by molar-refractivity contribution is 0.0713. The summed E-state index contributed by atoms with van der Waals surface area (Å²) in [4.78, 5) is 40.3. The Bertz CT molecular complexity index is 1230. The number of piperidine rings is 1. The molecule has 1 aliphatic rings. The van der Waals surface area contributed by atoms with Crippen LogP contribution in [-0.4, -0.2) is 43.8 Å². The molecule has 1 amide bonds. The molecular weight excluding hydrogens is 354 g/mol. The predicted octanol–water partition coefficient (Wildman–Crippen LogP) is 2.82.